The number of nitrogens with zero attached hydrogens (tertiary/aromatic N) is 1. The summed E-state index contributed by atoms with van der Waals surface area (Å²) in [4.78, 5) is 13.6. The van der Waals surface area contributed by atoms with Crippen LogP contribution in [0, 0.1) is 5.92 Å². The van der Waals surface area contributed by atoms with E-state index in [2.05, 4.69) is 5.32 Å². The number of benzene rings is 1. The fourth-order valence-electron chi connectivity index (χ4n) is 2.71. The van der Waals surface area contributed by atoms with Crippen molar-refractivity contribution in [3.8, 4) is 0 Å². The first-order valence-corrected chi connectivity index (χ1v) is 7.71. The molecule has 7 heteroatoms. The minimum atomic E-state index is -4.60. The van der Waals surface area contributed by atoms with Crippen LogP contribution in [0.1, 0.15) is 25.3 Å². The quantitative estimate of drug-likeness (QED) is 0.892. The smallest absolute Gasteiger partial charge is 0.383 e. The lowest BCUT2D eigenvalue weighted by atomic mass is 9.91. The molecule has 1 atom stereocenters. The summed E-state index contributed by atoms with van der Waals surface area (Å²) in [6.07, 6.45) is -5.72. The lowest BCUT2D eigenvalue weighted by molar-refractivity contribution is -0.222. The molecule has 0 bridgehead atoms. The van der Waals surface area contributed by atoms with Crippen LogP contribution in [0.4, 0.5) is 23.7 Å². The number of piperidine rings is 1. The van der Waals surface area contributed by atoms with Gasteiger partial charge in [-0.3, -0.25) is 0 Å². The minimum absolute atomic E-state index is 0.142. The summed E-state index contributed by atoms with van der Waals surface area (Å²) in [7, 11) is 0. The van der Waals surface area contributed by atoms with E-state index in [1.54, 1.807) is 12.1 Å². The summed E-state index contributed by atoms with van der Waals surface area (Å²) >= 11 is 0. The number of hydrogen-bond donors (Lipinski definition) is 2. The molecule has 1 unspecified atom stereocenters. The number of carbonyl (C=O) groups excluding carboxylic acids is 1. The van der Waals surface area contributed by atoms with Crippen LogP contribution >= 0.6 is 0 Å². The fraction of sp³-hybridized carbons (Fsp3) is 0.562. The number of nitrogens with one attached hydrogen (secondary N) is 1. The zero-order valence-corrected chi connectivity index (χ0v) is 12.9. The van der Waals surface area contributed by atoms with Gasteiger partial charge in [0.2, 0.25) is 0 Å². The Kier molecular flexibility index (Phi) is 5.51. The summed E-state index contributed by atoms with van der Waals surface area (Å²) < 4.78 is 37.5. The van der Waals surface area contributed by atoms with Crippen molar-refractivity contribution in [2.24, 2.45) is 5.92 Å². The van der Waals surface area contributed by atoms with Gasteiger partial charge in [0.15, 0.2) is 6.10 Å². The first-order chi connectivity index (χ1) is 10.8. The average molecular weight is 330 g/mol. The average Bonchev–Trinajstić information content (AvgIpc) is 2.54. The van der Waals surface area contributed by atoms with Crippen LogP contribution in [-0.2, 0) is 6.42 Å². The Morgan fingerprint density at radius 1 is 1.30 bits per heavy atom. The SMILES string of the molecule is CCc1ccc(NC(=O)N2CCC(C(O)C(F)(F)F)CC2)cc1. The summed E-state index contributed by atoms with van der Waals surface area (Å²) in [5.74, 6) is -0.845. The Bertz CT molecular complexity index is 523. The molecule has 4 nitrogen and oxygen atoms in total. The highest BCUT2D eigenvalue weighted by molar-refractivity contribution is 5.89. The van der Waals surface area contributed by atoms with E-state index in [9.17, 15) is 23.1 Å². The molecule has 2 N–H and O–H groups in total. The van der Waals surface area contributed by atoms with Crippen LogP contribution in [0.2, 0.25) is 0 Å². The zero-order chi connectivity index (χ0) is 17.0. The third-order valence-corrected chi connectivity index (χ3v) is 4.22. The van der Waals surface area contributed by atoms with Crippen LogP contribution in [0.25, 0.3) is 0 Å². The van der Waals surface area contributed by atoms with Gasteiger partial charge >= 0.3 is 12.2 Å². The van der Waals surface area contributed by atoms with Crippen molar-refractivity contribution in [2.45, 2.75) is 38.5 Å². The summed E-state index contributed by atoms with van der Waals surface area (Å²) in [6, 6.07) is 7.12. The van der Waals surface area contributed by atoms with E-state index in [0.717, 1.165) is 12.0 Å². The number of halogens is 3. The number of aliphatic hydroxyl groups is 1. The molecule has 1 aromatic carbocycles. The van der Waals surface area contributed by atoms with Crippen molar-refractivity contribution in [1.29, 1.82) is 0 Å². The van der Waals surface area contributed by atoms with Crippen LogP contribution in [-0.4, -0.2) is 41.4 Å². The van der Waals surface area contributed by atoms with Gasteiger partial charge in [-0.2, -0.15) is 13.2 Å². The molecule has 23 heavy (non-hydrogen) atoms. The number of aliphatic hydroxyl groups excluding tert-OH is 1. The number of hydrogen-bond acceptors (Lipinski definition) is 2. The number of amides is 2. The number of anilines is 1. The summed E-state index contributed by atoms with van der Waals surface area (Å²) in [6.45, 7) is 2.44. The standard InChI is InChI=1S/C16H21F3N2O2/c1-2-11-3-5-13(6-4-11)20-15(23)21-9-7-12(8-10-21)14(22)16(17,18)19/h3-6,12,14,22H,2,7-10H2,1H3,(H,20,23). The predicted octanol–water partition coefficient (Wildman–Crippen LogP) is 3.42. The molecule has 0 spiro atoms. The monoisotopic (exact) mass is 330 g/mol. The van der Waals surface area contributed by atoms with E-state index in [1.807, 2.05) is 19.1 Å². The molecule has 1 fully saturated rings. The highest BCUT2D eigenvalue weighted by Gasteiger charge is 2.44. The lowest BCUT2D eigenvalue weighted by Crippen LogP contribution is -2.46. The van der Waals surface area contributed by atoms with Crippen molar-refractivity contribution in [1.82, 2.24) is 4.90 Å². The van der Waals surface area contributed by atoms with E-state index in [4.69, 9.17) is 0 Å². The van der Waals surface area contributed by atoms with E-state index in [-0.39, 0.29) is 32.0 Å². The highest BCUT2D eigenvalue weighted by atomic mass is 19.4. The first-order valence-electron chi connectivity index (χ1n) is 7.71. The Hall–Kier alpha value is -1.76. The molecule has 1 saturated heterocycles. The molecular formula is C16H21F3N2O2. The van der Waals surface area contributed by atoms with Crippen molar-refractivity contribution >= 4 is 11.7 Å². The van der Waals surface area contributed by atoms with Crippen LogP contribution in [0.3, 0.4) is 0 Å². The second kappa shape index (κ2) is 7.21. The lowest BCUT2D eigenvalue weighted by Gasteiger charge is -2.34. The number of carbonyl (C=O) groups is 1. The number of likely N-dealkylation sites (tertiary alicyclic amines) is 1. The Labute approximate surface area is 133 Å². The Morgan fingerprint density at radius 2 is 1.87 bits per heavy atom. The largest absolute Gasteiger partial charge is 0.414 e. The number of rotatable bonds is 3. The van der Waals surface area contributed by atoms with Crippen molar-refractivity contribution < 1.29 is 23.1 Å². The van der Waals surface area contributed by atoms with Gasteiger partial charge in [-0.15, -0.1) is 0 Å². The highest BCUT2D eigenvalue weighted by Crippen LogP contribution is 2.31. The van der Waals surface area contributed by atoms with E-state index < -0.39 is 18.2 Å². The van der Waals surface area contributed by atoms with Gasteiger partial charge in [-0.1, -0.05) is 19.1 Å². The molecule has 2 rings (SSSR count). The molecule has 0 saturated carbocycles. The molecule has 2 amide bonds. The van der Waals surface area contributed by atoms with Gasteiger partial charge in [-0.25, -0.2) is 4.79 Å². The molecule has 1 aliphatic heterocycles. The number of alkyl halides is 3. The maximum Gasteiger partial charge on any atom is 0.414 e. The second-order valence-corrected chi connectivity index (χ2v) is 5.79. The van der Waals surface area contributed by atoms with E-state index in [1.165, 1.54) is 4.90 Å². The molecule has 1 aliphatic rings. The van der Waals surface area contributed by atoms with Gasteiger partial charge in [0, 0.05) is 18.8 Å². The number of urea groups is 1. The molecule has 128 valence electrons. The summed E-state index contributed by atoms with van der Waals surface area (Å²) in [5.41, 5.74) is 1.81. The molecular weight excluding hydrogens is 309 g/mol. The molecule has 0 aromatic heterocycles. The first kappa shape index (κ1) is 17.6. The van der Waals surface area contributed by atoms with Gasteiger partial charge in [0.25, 0.3) is 0 Å². The zero-order valence-electron chi connectivity index (χ0n) is 12.9. The van der Waals surface area contributed by atoms with Crippen molar-refractivity contribution in [3.63, 3.8) is 0 Å². The third kappa shape index (κ3) is 4.60. The Morgan fingerprint density at radius 3 is 2.35 bits per heavy atom. The van der Waals surface area contributed by atoms with Gasteiger partial charge in [0.05, 0.1) is 0 Å². The van der Waals surface area contributed by atoms with Crippen molar-refractivity contribution in [2.75, 3.05) is 18.4 Å². The normalized spacial score (nSPS) is 17.9. The third-order valence-electron chi connectivity index (χ3n) is 4.22. The van der Waals surface area contributed by atoms with Gasteiger partial charge in [-0.05, 0) is 42.9 Å². The van der Waals surface area contributed by atoms with Gasteiger partial charge in [0.1, 0.15) is 0 Å². The van der Waals surface area contributed by atoms with E-state index in [0.29, 0.717) is 5.69 Å². The maximum atomic E-state index is 12.5. The Balaban J connectivity index is 1.85. The minimum Gasteiger partial charge on any atom is -0.383 e. The fourth-order valence-corrected chi connectivity index (χ4v) is 2.71. The predicted molar refractivity (Wildman–Crippen MR) is 81.2 cm³/mol. The molecule has 0 aliphatic carbocycles. The second-order valence-electron chi connectivity index (χ2n) is 5.79. The van der Waals surface area contributed by atoms with Crippen LogP contribution in [0.5, 0.6) is 0 Å². The molecule has 0 radical (unpaired) electrons. The van der Waals surface area contributed by atoms with Gasteiger partial charge < -0.3 is 15.3 Å². The molecule has 1 aromatic rings. The molecule has 1 heterocycles. The number of aryl methyl sites for hydroxylation is 1. The van der Waals surface area contributed by atoms with Crippen LogP contribution in [0.15, 0.2) is 24.3 Å². The maximum absolute atomic E-state index is 12.5. The summed E-state index contributed by atoms with van der Waals surface area (Å²) in [5, 5.41) is 12.0. The van der Waals surface area contributed by atoms with Crippen molar-refractivity contribution in [3.05, 3.63) is 29.8 Å². The topological polar surface area (TPSA) is 52.6 Å². The van der Waals surface area contributed by atoms with E-state index >= 15 is 0 Å². The van der Waals surface area contributed by atoms with Crippen LogP contribution < -0.4 is 5.32 Å².